The third kappa shape index (κ3) is 2.13. The molecule has 2 aromatic rings. The molecule has 0 saturated heterocycles. The molecule has 0 aliphatic heterocycles. The molecule has 0 bridgehead atoms. The summed E-state index contributed by atoms with van der Waals surface area (Å²) in [6.45, 7) is 0.721. The SMILES string of the molecule is Fc1ccc(NCc2ccc[nH]2)cc1. The van der Waals surface area contributed by atoms with Crippen molar-refractivity contribution in [3.8, 4) is 0 Å². The highest BCUT2D eigenvalue weighted by Gasteiger charge is 1.94. The third-order valence-corrected chi connectivity index (χ3v) is 1.99. The van der Waals surface area contributed by atoms with E-state index in [1.807, 2.05) is 18.3 Å². The van der Waals surface area contributed by atoms with E-state index in [1.54, 1.807) is 12.1 Å². The zero-order valence-corrected chi connectivity index (χ0v) is 7.63. The van der Waals surface area contributed by atoms with E-state index in [1.165, 1.54) is 12.1 Å². The average Bonchev–Trinajstić information content (AvgIpc) is 2.70. The summed E-state index contributed by atoms with van der Waals surface area (Å²) in [5, 5.41) is 3.18. The molecule has 0 aliphatic carbocycles. The zero-order valence-electron chi connectivity index (χ0n) is 7.63. The highest BCUT2D eigenvalue weighted by atomic mass is 19.1. The number of aromatic amines is 1. The van der Waals surface area contributed by atoms with Crippen molar-refractivity contribution in [2.45, 2.75) is 6.54 Å². The van der Waals surface area contributed by atoms with Gasteiger partial charge in [0.15, 0.2) is 0 Å². The maximum Gasteiger partial charge on any atom is 0.123 e. The Balaban J connectivity index is 1.95. The molecule has 0 aliphatic rings. The summed E-state index contributed by atoms with van der Waals surface area (Å²) in [4.78, 5) is 3.08. The van der Waals surface area contributed by atoms with Gasteiger partial charge >= 0.3 is 0 Å². The minimum Gasteiger partial charge on any atom is -0.379 e. The smallest absolute Gasteiger partial charge is 0.123 e. The van der Waals surface area contributed by atoms with Crippen LogP contribution in [-0.2, 0) is 6.54 Å². The van der Waals surface area contributed by atoms with Crippen LogP contribution in [0.15, 0.2) is 42.6 Å². The maximum absolute atomic E-state index is 12.6. The van der Waals surface area contributed by atoms with Crippen molar-refractivity contribution >= 4 is 5.69 Å². The molecule has 1 aromatic carbocycles. The van der Waals surface area contributed by atoms with Crippen molar-refractivity contribution in [2.24, 2.45) is 0 Å². The van der Waals surface area contributed by atoms with Crippen LogP contribution >= 0.6 is 0 Å². The number of rotatable bonds is 3. The molecular weight excluding hydrogens is 179 g/mol. The minimum atomic E-state index is -0.213. The fraction of sp³-hybridized carbons (Fsp3) is 0.0909. The van der Waals surface area contributed by atoms with E-state index >= 15 is 0 Å². The van der Waals surface area contributed by atoms with Crippen molar-refractivity contribution in [3.63, 3.8) is 0 Å². The summed E-state index contributed by atoms with van der Waals surface area (Å²) in [5.74, 6) is -0.213. The molecule has 1 aromatic heterocycles. The molecule has 0 unspecified atom stereocenters. The number of hydrogen-bond acceptors (Lipinski definition) is 1. The lowest BCUT2D eigenvalue weighted by Gasteiger charge is -2.04. The third-order valence-electron chi connectivity index (χ3n) is 1.99. The Kier molecular flexibility index (Phi) is 2.49. The van der Waals surface area contributed by atoms with E-state index in [9.17, 15) is 4.39 Å². The highest BCUT2D eigenvalue weighted by molar-refractivity contribution is 5.43. The Bertz CT molecular complexity index is 378. The molecule has 0 spiro atoms. The molecule has 0 radical (unpaired) electrons. The van der Waals surface area contributed by atoms with E-state index in [0.29, 0.717) is 0 Å². The van der Waals surface area contributed by atoms with Crippen LogP contribution in [0.25, 0.3) is 0 Å². The fourth-order valence-corrected chi connectivity index (χ4v) is 1.24. The number of hydrogen-bond donors (Lipinski definition) is 2. The van der Waals surface area contributed by atoms with Crippen molar-refractivity contribution in [2.75, 3.05) is 5.32 Å². The van der Waals surface area contributed by atoms with Crippen LogP contribution in [0.3, 0.4) is 0 Å². The lowest BCUT2D eigenvalue weighted by molar-refractivity contribution is 0.628. The first-order valence-electron chi connectivity index (χ1n) is 4.46. The second kappa shape index (κ2) is 3.96. The van der Waals surface area contributed by atoms with Gasteiger partial charge in [0, 0.05) is 17.6 Å². The first kappa shape index (κ1) is 8.81. The van der Waals surface area contributed by atoms with Crippen LogP contribution in [0.2, 0.25) is 0 Å². The van der Waals surface area contributed by atoms with E-state index in [4.69, 9.17) is 0 Å². The van der Waals surface area contributed by atoms with Crippen molar-refractivity contribution < 1.29 is 4.39 Å². The summed E-state index contributed by atoms with van der Waals surface area (Å²) in [6.07, 6.45) is 1.88. The van der Waals surface area contributed by atoms with E-state index in [0.717, 1.165) is 17.9 Å². The molecule has 2 rings (SSSR count). The van der Waals surface area contributed by atoms with Crippen LogP contribution in [0, 0.1) is 5.82 Å². The molecule has 0 amide bonds. The fourth-order valence-electron chi connectivity index (χ4n) is 1.24. The van der Waals surface area contributed by atoms with Gasteiger partial charge in [-0.15, -0.1) is 0 Å². The molecule has 72 valence electrons. The predicted octanol–water partition coefficient (Wildman–Crippen LogP) is 2.77. The van der Waals surface area contributed by atoms with Crippen LogP contribution in [0.4, 0.5) is 10.1 Å². The largest absolute Gasteiger partial charge is 0.379 e. The Morgan fingerprint density at radius 3 is 2.57 bits per heavy atom. The molecule has 0 fully saturated rings. The van der Waals surface area contributed by atoms with Crippen molar-refractivity contribution in [3.05, 3.63) is 54.1 Å². The Morgan fingerprint density at radius 1 is 1.14 bits per heavy atom. The molecule has 2 nitrogen and oxygen atoms in total. The normalized spacial score (nSPS) is 10.1. The average molecular weight is 190 g/mol. The molecule has 3 heteroatoms. The maximum atomic E-state index is 12.6. The van der Waals surface area contributed by atoms with Gasteiger partial charge in [-0.2, -0.15) is 0 Å². The number of H-pyrrole nitrogens is 1. The lowest BCUT2D eigenvalue weighted by Crippen LogP contribution is -1.99. The molecule has 14 heavy (non-hydrogen) atoms. The van der Waals surface area contributed by atoms with Crippen molar-refractivity contribution in [1.29, 1.82) is 0 Å². The number of benzene rings is 1. The summed E-state index contributed by atoms with van der Waals surface area (Å²) >= 11 is 0. The second-order valence-corrected chi connectivity index (χ2v) is 3.06. The monoisotopic (exact) mass is 190 g/mol. The lowest BCUT2D eigenvalue weighted by atomic mass is 10.3. The molecule has 0 atom stereocenters. The molecule has 1 heterocycles. The summed E-state index contributed by atoms with van der Waals surface area (Å²) in [7, 11) is 0. The van der Waals surface area contributed by atoms with Gasteiger partial charge in [0.1, 0.15) is 5.82 Å². The molecule has 0 saturated carbocycles. The minimum absolute atomic E-state index is 0.213. The van der Waals surface area contributed by atoms with Gasteiger partial charge in [0.2, 0.25) is 0 Å². The zero-order chi connectivity index (χ0) is 9.80. The summed E-state index contributed by atoms with van der Waals surface area (Å²) < 4.78 is 12.6. The van der Waals surface area contributed by atoms with Crippen LogP contribution in [0.5, 0.6) is 0 Å². The van der Waals surface area contributed by atoms with Crippen LogP contribution < -0.4 is 5.32 Å². The topological polar surface area (TPSA) is 27.8 Å². The van der Waals surface area contributed by atoms with Gasteiger partial charge in [-0.3, -0.25) is 0 Å². The number of nitrogens with one attached hydrogen (secondary N) is 2. The van der Waals surface area contributed by atoms with Gasteiger partial charge in [-0.05, 0) is 36.4 Å². The Morgan fingerprint density at radius 2 is 1.93 bits per heavy atom. The first-order chi connectivity index (χ1) is 6.84. The predicted molar refractivity (Wildman–Crippen MR) is 54.5 cm³/mol. The summed E-state index contributed by atoms with van der Waals surface area (Å²) in [5.41, 5.74) is 2.02. The van der Waals surface area contributed by atoms with Gasteiger partial charge in [-0.1, -0.05) is 0 Å². The van der Waals surface area contributed by atoms with E-state index < -0.39 is 0 Å². The number of anilines is 1. The van der Waals surface area contributed by atoms with E-state index in [2.05, 4.69) is 10.3 Å². The number of halogens is 1. The quantitative estimate of drug-likeness (QED) is 0.765. The summed E-state index contributed by atoms with van der Waals surface area (Å²) in [6, 6.07) is 10.3. The standard InChI is InChI=1S/C11H11FN2/c12-9-3-5-10(6-4-9)14-8-11-2-1-7-13-11/h1-7,13-14H,8H2. The second-order valence-electron chi connectivity index (χ2n) is 3.06. The van der Waals surface area contributed by atoms with Crippen LogP contribution in [0.1, 0.15) is 5.69 Å². The first-order valence-corrected chi connectivity index (χ1v) is 4.46. The number of aromatic nitrogens is 1. The highest BCUT2D eigenvalue weighted by Crippen LogP contribution is 2.09. The van der Waals surface area contributed by atoms with Gasteiger partial charge in [-0.25, -0.2) is 4.39 Å². The van der Waals surface area contributed by atoms with Gasteiger partial charge < -0.3 is 10.3 Å². The van der Waals surface area contributed by atoms with Crippen LogP contribution in [-0.4, -0.2) is 4.98 Å². The van der Waals surface area contributed by atoms with Crippen molar-refractivity contribution in [1.82, 2.24) is 4.98 Å². The molecular formula is C11H11FN2. The van der Waals surface area contributed by atoms with Gasteiger partial charge in [0.05, 0.1) is 6.54 Å². The van der Waals surface area contributed by atoms with E-state index in [-0.39, 0.29) is 5.82 Å². The molecule has 2 N–H and O–H groups in total. The van der Waals surface area contributed by atoms with Gasteiger partial charge in [0.25, 0.3) is 0 Å². The Labute approximate surface area is 81.8 Å². The Hall–Kier alpha value is -1.77.